The van der Waals surface area contributed by atoms with E-state index in [1.807, 2.05) is 12.3 Å². The normalized spacial score (nSPS) is 12.4. The molecule has 3 heteroatoms. The predicted octanol–water partition coefficient (Wildman–Crippen LogP) is 3.41. The second kappa shape index (κ2) is 3.29. The van der Waals surface area contributed by atoms with E-state index in [-0.39, 0.29) is 5.41 Å². The van der Waals surface area contributed by atoms with E-state index in [2.05, 4.69) is 48.9 Å². The van der Waals surface area contributed by atoms with Crippen molar-refractivity contribution >= 4 is 21.9 Å². The molecule has 3 aromatic rings. The quantitative estimate of drug-likeness (QED) is 0.637. The Morgan fingerprint density at radius 3 is 2.65 bits per heavy atom. The molecule has 0 saturated heterocycles. The van der Waals surface area contributed by atoms with Crippen LogP contribution in [0.4, 0.5) is 0 Å². The van der Waals surface area contributed by atoms with Gasteiger partial charge in [-0.1, -0.05) is 32.9 Å². The van der Waals surface area contributed by atoms with Crippen LogP contribution in [-0.2, 0) is 5.41 Å². The topological polar surface area (TPSA) is 41.6 Å². The number of aromatic nitrogens is 3. The van der Waals surface area contributed by atoms with Crippen LogP contribution in [0.1, 0.15) is 26.6 Å². The minimum Gasteiger partial charge on any atom is -0.341 e. The van der Waals surface area contributed by atoms with Gasteiger partial charge in [0.05, 0.1) is 11.0 Å². The van der Waals surface area contributed by atoms with Crippen LogP contribution in [0.25, 0.3) is 21.9 Å². The van der Waals surface area contributed by atoms with Crippen molar-refractivity contribution in [1.82, 2.24) is 15.0 Å². The zero-order valence-corrected chi connectivity index (χ0v) is 10.3. The van der Waals surface area contributed by atoms with Gasteiger partial charge in [-0.05, 0) is 12.1 Å². The highest BCUT2D eigenvalue weighted by Gasteiger charge is 2.19. The van der Waals surface area contributed by atoms with E-state index >= 15 is 0 Å². The van der Waals surface area contributed by atoms with Crippen LogP contribution in [0, 0.1) is 0 Å². The first-order valence-corrected chi connectivity index (χ1v) is 5.80. The molecule has 17 heavy (non-hydrogen) atoms. The molecule has 0 aliphatic heterocycles. The van der Waals surface area contributed by atoms with E-state index in [1.54, 1.807) is 0 Å². The standard InChI is InChI=1S/C14H15N3/c1-14(2,3)13-16-10-7-6-9-5-4-8-15-11(9)12(10)17-13/h4-8H,1-3H3,(H,16,17). The molecule has 0 aliphatic rings. The Morgan fingerprint density at radius 1 is 1.06 bits per heavy atom. The van der Waals surface area contributed by atoms with Gasteiger partial charge in [-0.15, -0.1) is 0 Å². The summed E-state index contributed by atoms with van der Waals surface area (Å²) < 4.78 is 0. The average Bonchev–Trinajstić information content (AvgIpc) is 2.72. The van der Waals surface area contributed by atoms with Crippen LogP contribution in [0.3, 0.4) is 0 Å². The summed E-state index contributed by atoms with van der Waals surface area (Å²) in [6.45, 7) is 6.46. The summed E-state index contributed by atoms with van der Waals surface area (Å²) in [6.07, 6.45) is 1.81. The molecule has 3 rings (SSSR count). The molecule has 0 saturated carbocycles. The largest absolute Gasteiger partial charge is 0.341 e. The molecule has 1 aromatic carbocycles. The fraction of sp³-hybridized carbons (Fsp3) is 0.286. The molecule has 0 atom stereocenters. The lowest BCUT2D eigenvalue weighted by Gasteiger charge is -2.13. The van der Waals surface area contributed by atoms with Crippen LogP contribution in [-0.4, -0.2) is 15.0 Å². The van der Waals surface area contributed by atoms with E-state index < -0.39 is 0 Å². The van der Waals surface area contributed by atoms with Crippen molar-refractivity contribution in [3.63, 3.8) is 0 Å². The molecule has 1 N–H and O–H groups in total. The molecular weight excluding hydrogens is 210 g/mol. The van der Waals surface area contributed by atoms with Gasteiger partial charge in [0.15, 0.2) is 0 Å². The second-order valence-electron chi connectivity index (χ2n) is 5.37. The molecule has 86 valence electrons. The molecule has 0 unspecified atom stereocenters. The van der Waals surface area contributed by atoms with E-state index in [0.29, 0.717) is 0 Å². The van der Waals surface area contributed by atoms with Gasteiger partial charge in [0.1, 0.15) is 11.3 Å². The van der Waals surface area contributed by atoms with Crippen LogP contribution in [0.5, 0.6) is 0 Å². The zero-order valence-electron chi connectivity index (χ0n) is 10.3. The molecule has 2 aromatic heterocycles. The molecular formula is C14H15N3. The van der Waals surface area contributed by atoms with Gasteiger partial charge in [0.25, 0.3) is 0 Å². The van der Waals surface area contributed by atoms with Crippen molar-refractivity contribution in [2.45, 2.75) is 26.2 Å². The van der Waals surface area contributed by atoms with E-state index in [0.717, 1.165) is 27.8 Å². The molecule has 0 bridgehead atoms. The smallest absolute Gasteiger partial charge is 0.115 e. The molecule has 0 amide bonds. The number of hydrogen-bond donors (Lipinski definition) is 1. The van der Waals surface area contributed by atoms with Gasteiger partial charge in [-0.25, -0.2) is 4.98 Å². The van der Waals surface area contributed by atoms with Gasteiger partial charge >= 0.3 is 0 Å². The maximum Gasteiger partial charge on any atom is 0.115 e. The van der Waals surface area contributed by atoms with Crippen molar-refractivity contribution in [1.29, 1.82) is 0 Å². The fourth-order valence-electron chi connectivity index (χ4n) is 1.97. The average molecular weight is 225 g/mol. The highest BCUT2D eigenvalue weighted by Crippen LogP contribution is 2.26. The molecule has 0 radical (unpaired) electrons. The van der Waals surface area contributed by atoms with Crippen LogP contribution < -0.4 is 0 Å². The first-order valence-electron chi connectivity index (χ1n) is 5.80. The Hall–Kier alpha value is -1.90. The van der Waals surface area contributed by atoms with Crippen LogP contribution in [0.15, 0.2) is 30.5 Å². The van der Waals surface area contributed by atoms with Gasteiger partial charge in [0, 0.05) is 17.0 Å². The fourth-order valence-corrected chi connectivity index (χ4v) is 1.97. The lowest BCUT2D eigenvalue weighted by atomic mass is 9.96. The first kappa shape index (κ1) is 10.3. The van der Waals surface area contributed by atoms with Gasteiger partial charge in [-0.2, -0.15) is 0 Å². The maximum absolute atomic E-state index is 4.69. The number of imidazole rings is 1. The zero-order chi connectivity index (χ0) is 12.0. The number of benzene rings is 1. The Labute approximate surface area is 99.9 Å². The van der Waals surface area contributed by atoms with Gasteiger partial charge in [-0.3, -0.25) is 4.98 Å². The minimum atomic E-state index is 0.0279. The van der Waals surface area contributed by atoms with Crippen molar-refractivity contribution in [2.24, 2.45) is 0 Å². The summed E-state index contributed by atoms with van der Waals surface area (Å²) >= 11 is 0. The number of rotatable bonds is 0. The molecule has 3 nitrogen and oxygen atoms in total. The number of fused-ring (bicyclic) bond motifs is 3. The second-order valence-corrected chi connectivity index (χ2v) is 5.37. The maximum atomic E-state index is 4.69. The van der Waals surface area contributed by atoms with E-state index in [9.17, 15) is 0 Å². The van der Waals surface area contributed by atoms with Gasteiger partial charge < -0.3 is 4.98 Å². The van der Waals surface area contributed by atoms with Crippen molar-refractivity contribution < 1.29 is 0 Å². The van der Waals surface area contributed by atoms with E-state index in [1.165, 1.54) is 0 Å². The molecule has 0 spiro atoms. The number of pyridine rings is 1. The monoisotopic (exact) mass is 225 g/mol. The predicted molar refractivity (Wildman–Crippen MR) is 70.1 cm³/mol. The molecule has 2 heterocycles. The Bertz CT molecular complexity index is 689. The van der Waals surface area contributed by atoms with E-state index in [4.69, 9.17) is 4.98 Å². The summed E-state index contributed by atoms with van der Waals surface area (Å²) in [5.41, 5.74) is 3.02. The number of nitrogens with zero attached hydrogens (tertiary/aromatic N) is 2. The van der Waals surface area contributed by atoms with Crippen LogP contribution in [0.2, 0.25) is 0 Å². The summed E-state index contributed by atoms with van der Waals surface area (Å²) in [4.78, 5) is 12.5. The van der Waals surface area contributed by atoms with Crippen molar-refractivity contribution in [3.8, 4) is 0 Å². The SMILES string of the molecule is CC(C)(C)c1nc2c(ccc3cccnc32)[nH]1. The minimum absolute atomic E-state index is 0.0279. The number of hydrogen-bond acceptors (Lipinski definition) is 2. The Kier molecular flexibility index (Phi) is 1.99. The lowest BCUT2D eigenvalue weighted by Crippen LogP contribution is -2.12. The molecule has 0 aliphatic carbocycles. The lowest BCUT2D eigenvalue weighted by molar-refractivity contribution is 0.554. The third kappa shape index (κ3) is 1.58. The Balaban J connectivity index is 2.39. The summed E-state index contributed by atoms with van der Waals surface area (Å²) in [5, 5.41) is 1.13. The highest BCUT2D eigenvalue weighted by molar-refractivity contribution is 6.01. The van der Waals surface area contributed by atoms with Crippen LogP contribution >= 0.6 is 0 Å². The summed E-state index contributed by atoms with van der Waals surface area (Å²) in [7, 11) is 0. The number of nitrogens with one attached hydrogen (secondary N) is 1. The number of H-pyrrole nitrogens is 1. The van der Waals surface area contributed by atoms with Crippen molar-refractivity contribution in [3.05, 3.63) is 36.3 Å². The van der Waals surface area contributed by atoms with Gasteiger partial charge in [0.2, 0.25) is 0 Å². The first-order chi connectivity index (χ1) is 8.05. The summed E-state index contributed by atoms with van der Waals surface area (Å²) in [6, 6.07) is 8.16. The highest BCUT2D eigenvalue weighted by atomic mass is 14.9. The summed E-state index contributed by atoms with van der Waals surface area (Å²) in [5.74, 6) is 1.01. The third-order valence-corrected chi connectivity index (χ3v) is 2.93. The third-order valence-electron chi connectivity index (χ3n) is 2.93. The van der Waals surface area contributed by atoms with Crippen molar-refractivity contribution in [2.75, 3.05) is 0 Å². The number of aromatic amines is 1. The molecule has 0 fully saturated rings. The Morgan fingerprint density at radius 2 is 1.88 bits per heavy atom.